The summed E-state index contributed by atoms with van der Waals surface area (Å²) in [6.07, 6.45) is 5.62. The van der Waals surface area contributed by atoms with Gasteiger partial charge in [-0.2, -0.15) is 0 Å². The second-order valence-corrected chi connectivity index (χ2v) is 6.09. The van der Waals surface area contributed by atoms with Gasteiger partial charge in [0, 0.05) is 17.8 Å². The molecule has 3 heteroatoms. The molecule has 20 heavy (non-hydrogen) atoms. The van der Waals surface area contributed by atoms with Crippen LogP contribution in [-0.4, -0.2) is 23.1 Å². The summed E-state index contributed by atoms with van der Waals surface area (Å²) in [4.78, 5) is 9.33. The van der Waals surface area contributed by atoms with Gasteiger partial charge < -0.3 is 5.32 Å². The highest BCUT2D eigenvalue weighted by Crippen LogP contribution is 2.13. The van der Waals surface area contributed by atoms with E-state index in [2.05, 4.69) is 49.9 Å². The van der Waals surface area contributed by atoms with Crippen molar-refractivity contribution < 1.29 is 0 Å². The van der Waals surface area contributed by atoms with Gasteiger partial charge >= 0.3 is 0 Å². The molecular formula is C17H31N3. The maximum Gasteiger partial charge on any atom is 0.128 e. The van der Waals surface area contributed by atoms with E-state index in [9.17, 15) is 0 Å². The van der Waals surface area contributed by atoms with Gasteiger partial charge in [-0.25, -0.2) is 9.97 Å². The molecule has 0 unspecified atom stereocenters. The largest absolute Gasteiger partial charge is 0.316 e. The molecule has 0 atom stereocenters. The molecule has 0 saturated heterocycles. The third-order valence-corrected chi connectivity index (χ3v) is 3.55. The number of aromatic nitrogens is 2. The van der Waals surface area contributed by atoms with Crippen molar-refractivity contribution in [3.8, 4) is 0 Å². The lowest BCUT2D eigenvalue weighted by molar-refractivity contribution is 0.542. The number of aryl methyl sites for hydroxylation is 3. The van der Waals surface area contributed by atoms with E-state index in [0.717, 1.165) is 44.1 Å². The van der Waals surface area contributed by atoms with Gasteiger partial charge in [-0.3, -0.25) is 0 Å². The molecule has 0 aliphatic heterocycles. The molecule has 0 aliphatic rings. The summed E-state index contributed by atoms with van der Waals surface area (Å²) in [6, 6.07) is 0. The van der Waals surface area contributed by atoms with Crippen molar-refractivity contribution in [1.29, 1.82) is 0 Å². The van der Waals surface area contributed by atoms with Crippen LogP contribution in [0.5, 0.6) is 0 Å². The predicted octanol–water partition coefficient (Wildman–Crippen LogP) is 3.61. The minimum absolute atomic E-state index is 0.722. The quantitative estimate of drug-likeness (QED) is 0.701. The van der Waals surface area contributed by atoms with E-state index in [1.165, 1.54) is 29.8 Å². The van der Waals surface area contributed by atoms with Crippen molar-refractivity contribution in [2.75, 3.05) is 13.1 Å². The van der Waals surface area contributed by atoms with E-state index >= 15 is 0 Å². The molecule has 0 aromatic carbocycles. The molecule has 1 aromatic heterocycles. The van der Waals surface area contributed by atoms with Crippen LogP contribution in [-0.2, 0) is 12.8 Å². The van der Waals surface area contributed by atoms with Gasteiger partial charge in [0.2, 0.25) is 0 Å². The highest BCUT2D eigenvalue weighted by molar-refractivity contribution is 5.24. The van der Waals surface area contributed by atoms with Crippen LogP contribution in [0.3, 0.4) is 0 Å². The highest BCUT2D eigenvalue weighted by atomic mass is 14.9. The summed E-state index contributed by atoms with van der Waals surface area (Å²) in [5.41, 5.74) is 3.69. The Bertz CT molecular complexity index is 376. The zero-order valence-electron chi connectivity index (χ0n) is 13.9. The first-order valence-corrected chi connectivity index (χ1v) is 8.08. The Morgan fingerprint density at radius 2 is 1.65 bits per heavy atom. The Kier molecular flexibility index (Phi) is 7.75. The zero-order valence-corrected chi connectivity index (χ0v) is 13.9. The lowest BCUT2D eigenvalue weighted by atomic mass is 10.1. The van der Waals surface area contributed by atoms with Crippen molar-refractivity contribution in [1.82, 2.24) is 15.3 Å². The van der Waals surface area contributed by atoms with Crippen LogP contribution in [0, 0.1) is 19.8 Å². The van der Waals surface area contributed by atoms with E-state index in [1.807, 2.05) is 0 Å². The first kappa shape index (κ1) is 17.1. The summed E-state index contributed by atoms with van der Waals surface area (Å²) in [7, 11) is 0. The minimum Gasteiger partial charge on any atom is -0.316 e. The van der Waals surface area contributed by atoms with Gasteiger partial charge in [-0.05, 0) is 57.7 Å². The fourth-order valence-electron chi connectivity index (χ4n) is 2.40. The van der Waals surface area contributed by atoms with E-state index in [-0.39, 0.29) is 0 Å². The smallest absolute Gasteiger partial charge is 0.128 e. The molecule has 1 aromatic rings. The van der Waals surface area contributed by atoms with E-state index in [4.69, 9.17) is 0 Å². The lowest BCUT2D eigenvalue weighted by Crippen LogP contribution is -2.21. The monoisotopic (exact) mass is 277 g/mol. The molecule has 0 aliphatic carbocycles. The number of unbranched alkanes of at least 4 members (excludes halogenated alkanes) is 1. The maximum atomic E-state index is 4.67. The second kappa shape index (κ2) is 9.06. The molecule has 0 fully saturated rings. The molecule has 0 saturated carbocycles. The van der Waals surface area contributed by atoms with E-state index < -0.39 is 0 Å². The van der Waals surface area contributed by atoms with Crippen molar-refractivity contribution in [3.63, 3.8) is 0 Å². The zero-order chi connectivity index (χ0) is 15.0. The fraction of sp³-hybridized carbons (Fsp3) is 0.765. The van der Waals surface area contributed by atoms with Gasteiger partial charge in [-0.1, -0.05) is 27.2 Å². The number of nitrogens with zero attached hydrogens (tertiary/aromatic N) is 2. The molecule has 1 N–H and O–H groups in total. The number of hydrogen-bond donors (Lipinski definition) is 1. The average Bonchev–Trinajstić information content (AvgIpc) is 2.38. The van der Waals surface area contributed by atoms with Gasteiger partial charge in [0.15, 0.2) is 0 Å². The van der Waals surface area contributed by atoms with Crippen LogP contribution in [0.25, 0.3) is 0 Å². The van der Waals surface area contributed by atoms with Gasteiger partial charge in [0.1, 0.15) is 5.82 Å². The molecule has 114 valence electrons. The van der Waals surface area contributed by atoms with Gasteiger partial charge in [0.25, 0.3) is 0 Å². The van der Waals surface area contributed by atoms with Crippen LogP contribution in [0.4, 0.5) is 0 Å². The Morgan fingerprint density at radius 1 is 1.00 bits per heavy atom. The number of hydrogen-bond acceptors (Lipinski definition) is 3. The topological polar surface area (TPSA) is 37.8 Å². The maximum absolute atomic E-state index is 4.67. The highest BCUT2D eigenvalue weighted by Gasteiger charge is 2.08. The molecule has 0 bridgehead atoms. The first-order chi connectivity index (χ1) is 9.54. The summed E-state index contributed by atoms with van der Waals surface area (Å²) in [5, 5.41) is 3.49. The molecule has 1 rings (SSSR count). The van der Waals surface area contributed by atoms with Gasteiger partial charge in [-0.15, -0.1) is 0 Å². The molecule has 3 nitrogen and oxygen atoms in total. The van der Waals surface area contributed by atoms with Gasteiger partial charge in [0.05, 0.1) is 0 Å². The van der Waals surface area contributed by atoms with Crippen LogP contribution >= 0.6 is 0 Å². The first-order valence-electron chi connectivity index (χ1n) is 8.08. The van der Waals surface area contributed by atoms with Crippen LogP contribution in [0.1, 0.15) is 62.8 Å². The Hall–Kier alpha value is -0.960. The van der Waals surface area contributed by atoms with Crippen LogP contribution in [0.15, 0.2) is 0 Å². The van der Waals surface area contributed by atoms with Crippen molar-refractivity contribution in [3.05, 3.63) is 22.8 Å². The lowest BCUT2D eigenvalue weighted by Gasteiger charge is -2.12. The Morgan fingerprint density at radius 3 is 2.20 bits per heavy atom. The molecular weight excluding hydrogens is 246 g/mol. The Balaban J connectivity index is 2.49. The summed E-state index contributed by atoms with van der Waals surface area (Å²) in [5.74, 6) is 1.74. The second-order valence-electron chi connectivity index (χ2n) is 6.09. The number of nitrogens with one attached hydrogen (secondary N) is 1. The molecule has 0 radical (unpaired) electrons. The summed E-state index contributed by atoms with van der Waals surface area (Å²) >= 11 is 0. The summed E-state index contributed by atoms with van der Waals surface area (Å²) < 4.78 is 0. The van der Waals surface area contributed by atoms with Crippen LogP contribution in [0.2, 0.25) is 0 Å². The Labute approximate surface area is 124 Å². The number of rotatable bonds is 9. The van der Waals surface area contributed by atoms with Crippen molar-refractivity contribution in [2.24, 2.45) is 5.92 Å². The molecule has 1 heterocycles. The third kappa shape index (κ3) is 6.00. The normalized spacial score (nSPS) is 11.3. The van der Waals surface area contributed by atoms with E-state index in [0.29, 0.717) is 0 Å². The molecule has 0 spiro atoms. The predicted molar refractivity (Wildman–Crippen MR) is 86.1 cm³/mol. The SMILES string of the molecule is CCCCc1nc(C)c(CCCNCC(C)C)c(C)n1. The average molecular weight is 277 g/mol. The molecule has 0 amide bonds. The standard InChI is InChI=1S/C17H31N3/c1-6-7-10-17-19-14(4)16(15(5)20-17)9-8-11-18-12-13(2)3/h13,18H,6-12H2,1-5H3. The van der Waals surface area contributed by atoms with Crippen LogP contribution < -0.4 is 5.32 Å². The van der Waals surface area contributed by atoms with Crippen molar-refractivity contribution in [2.45, 2.75) is 66.7 Å². The van der Waals surface area contributed by atoms with E-state index in [1.54, 1.807) is 0 Å². The third-order valence-electron chi connectivity index (χ3n) is 3.55. The summed E-state index contributed by atoms with van der Waals surface area (Å²) in [6.45, 7) is 13.1. The minimum atomic E-state index is 0.722. The fourth-order valence-corrected chi connectivity index (χ4v) is 2.40. The van der Waals surface area contributed by atoms with Crippen molar-refractivity contribution >= 4 is 0 Å².